The third kappa shape index (κ3) is 17.2. The fraction of sp³-hybridized carbons (Fsp3) is 0.460. The summed E-state index contributed by atoms with van der Waals surface area (Å²) in [6.07, 6.45) is 8.75. The van der Waals surface area contributed by atoms with Crippen molar-refractivity contribution in [3.05, 3.63) is 86.1 Å². The molecule has 0 saturated carbocycles. The number of rotatable bonds is 27. The Balaban J connectivity index is 0.000000429. The molecule has 0 spiro atoms. The van der Waals surface area contributed by atoms with Crippen molar-refractivity contribution in [1.29, 1.82) is 0 Å². The van der Waals surface area contributed by atoms with E-state index in [1.165, 1.54) is 12.1 Å². The first-order valence-electron chi connectivity index (χ1n) is 23.7. The smallest absolute Gasteiger partial charge is 0.257 e. The lowest BCUT2D eigenvalue weighted by atomic mass is 9.82. The van der Waals surface area contributed by atoms with E-state index in [1.54, 1.807) is 25.6 Å². The molecule has 5 rings (SSSR count). The van der Waals surface area contributed by atoms with Gasteiger partial charge in [0.25, 0.3) is 11.5 Å². The summed E-state index contributed by atoms with van der Waals surface area (Å²) in [6.45, 7) is 10.2. The number of aryl methyl sites for hydroxylation is 1. The Morgan fingerprint density at radius 3 is 2.32 bits per heavy atom. The molecule has 1 aromatic carbocycles. The number of aromatic nitrogens is 2. The van der Waals surface area contributed by atoms with Crippen LogP contribution in [0.1, 0.15) is 78.5 Å². The Kier molecular flexibility index (Phi) is 29.0. The summed E-state index contributed by atoms with van der Waals surface area (Å²) < 4.78 is 26.5. The average Bonchev–Trinajstić information content (AvgIpc) is 3.76. The first kappa shape index (κ1) is 63.4. The molecule has 74 heavy (non-hydrogen) atoms. The van der Waals surface area contributed by atoms with Crippen LogP contribution in [-0.4, -0.2) is 149 Å². The van der Waals surface area contributed by atoms with Crippen molar-refractivity contribution in [2.24, 2.45) is 5.73 Å². The second-order valence-electron chi connectivity index (χ2n) is 16.4. The number of imide groups is 1. The van der Waals surface area contributed by atoms with Crippen molar-refractivity contribution < 1.29 is 57.0 Å². The van der Waals surface area contributed by atoms with Crippen LogP contribution in [0.3, 0.4) is 0 Å². The van der Waals surface area contributed by atoms with Crippen LogP contribution >= 0.6 is 9.24 Å². The number of halogens is 1. The summed E-state index contributed by atoms with van der Waals surface area (Å²) in [5, 5.41) is 17.8. The topological polar surface area (TPSA) is 308 Å². The van der Waals surface area contributed by atoms with Crippen molar-refractivity contribution >= 4 is 75.8 Å². The molecule has 2 aromatic heterocycles. The second kappa shape index (κ2) is 33.9. The lowest BCUT2D eigenvalue weighted by Gasteiger charge is -2.28. The minimum atomic E-state index is -1.16. The average molecular weight is 1050 g/mol. The Morgan fingerprint density at radius 2 is 1.76 bits per heavy atom. The maximum absolute atomic E-state index is 14.8. The second-order valence-corrected chi connectivity index (χ2v) is 16.9. The number of amides is 5. The third-order valence-electron chi connectivity index (χ3n) is 11.7. The van der Waals surface area contributed by atoms with E-state index in [1.807, 2.05) is 27.0 Å². The number of benzene rings is 1. The number of allylic oxidation sites excluding steroid dienone is 1. The normalized spacial score (nSPS) is 13.8. The van der Waals surface area contributed by atoms with Crippen LogP contribution in [0.4, 0.5) is 4.39 Å². The van der Waals surface area contributed by atoms with Gasteiger partial charge in [-0.05, 0) is 87.8 Å². The van der Waals surface area contributed by atoms with Gasteiger partial charge in [-0.3, -0.25) is 39.0 Å². The van der Waals surface area contributed by atoms with Crippen molar-refractivity contribution in [1.82, 2.24) is 46.4 Å². The first-order valence-corrected chi connectivity index (χ1v) is 24.5. The van der Waals surface area contributed by atoms with Crippen LogP contribution in [0.25, 0.3) is 22.3 Å². The van der Waals surface area contributed by atoms with Crippen LogP contribution in [0.2, 0.25) is 0 Å². The van der Waals surface area contributed by atoms with Gasteiger partial charge >= 0.3 is 0 Å². The quantitative estimate of drug-likeness (QED) is 0.0139. The number of hydrogen-bond donors (Lipinski definition) is 7. The Labute approximate surface area is 431 Å². The SMILES string of the molecule is C=C(CCNC(=O)C(CNCC=O)N(C=O)C(=O)/C=C\C)NC(CP)C(=O)NCC=O.CCC(C=O)c1cc2n(c(=O)c1COC)Cc1c-2nc2cc(F)c(C)c3c2c1C(NC)CC3.CNCOCC=O.NC=O. The van der Waals surface area contributed by atoms with E-state index >= 15 is 0 Å². The molecule has 0 bridgehead atoms. The summed E-state index contributed by atoms with van der Waals surface area (Å²) in [5.41, 5.74) is 11.5. The van der Waals surface area contributed by atoms with Crippen molar-refractivity contribution in [3.63, 3.8) is 0 Å². The van der Waals surface area contributed by atoms with Gasteiger partial charge in [-0.25, -0.2) is 9.37 Å². The van der Waals surface area contributed by atoms with Crippen LogP contribution in [0, 0.1) is 12.7 Å². The Morgan fingerprint density at radius 1 is 1.05 bits per heavy atom. The van der Waals surface area contributed by atoms with Gasteiger partial charge in [0.2, 0.25) is 24.6 Å². The maximum atomic E-state index is 14.8. The fourth-order valence-corrected chi connectivity index (χ4v) is 8.58. The number of aldehydes is 4. The molecule has 5 amide bonds. The summed E-state index contributed by atoms with van der Waals surface area (Å²) in [7, 11) is 7.65. The molecule has 0 fully saturated rings. The Bertz CT molecular complexity index is 2540. The molecule has 1 aliphatic heterocycles. The van der Waals surface area contributed by atoms with Crippen molar-refractivity contribution in [2.75, 3.05) is 66.9 Å². The molecule has 5 atom stereocenters. The number of ether oxygens (including phenoxy) is 2. The highest BCUT2D eigenvalue weighted by atomic mass is 31.0. The van der Waals surface area contributed by atoms with Gasteiger partial charge in [0, 0.05) is 66.9 Å². The summed E-state index contributed by atoms with van der Waals surface area (Å²) in [6, 6.07) is 1.76. The van der Waals surface area contributed by atoms with Gasteiger partial charge in [-0.1, -0.05) is 19.6 Å². The number of nitrogens with one attached hydrogen (secondary N) is 6. The van der Waals surface area contributed by atoms with Crippen molar-refractivity contribution in [2.45, 2.75) is 83.6 Å². The molecule has 5 unspecified atom stereocenters. The number of fused-ring (bicyclic) bond motifs is 4. The van der Waals surface area contributed by atoms with Crippen LogP contribution in [0.5, 0.6) is 0 Å². The summed E-state index contributed by atoms with van der Waals surface area (Å²) in [4.78, 5) is 118. The predicted molar refractivity (Wildman–Crippen MR) is 279 cm³/mol. The zero-order valence-corrected chi connectivity index (χ0v) is 43.9. The fourth-order valence-electron chi connectivity index (χ4n) is 8.24. The van der Waals surface area contributed by atoms with Gasteiger partial charge in [-0.15, -0.1) is 9.24 Å². The summed E-state index contributed by atoms with van der Waals surface area (Å²) in [5.74, 6) is -2.27. The number of carbonyl (C=O) groups excluding carboxylic acids is 9. The van der Waals surface area contributed by atoms with Gasteiger partial charge < -0.3 is 65.5 Å². The van der Waals surface area contributed by atoms with Crippen LogP contribution in [0.15, 0.2) is 41.4 Å². The molecule has 22 nitrogen and oxygen atoms in total. The standard InChI is InChI=1S/C26H28FN3O3.C19H30N5O6P.C4H9NO2.CH3NO/c1-5-14(11-31)16-8-22-25-17(10-30(22)26(32)18(16)12-33-4)24-20(28-3)7-6-15-13(2)19(27)9-21(29-25)23(15)24;1-3-4-17(28)24(13-27)16(11-20-7-9-25)19(30)21-6-5-14(2)23-15(12-31)18(29)22-8-10-26;1-5-4-7-3-2-6;2-1-3/h8-9,11,14,20,28H,5-7,10,12H2,1-4H3;3-4,9-10,13,15-16,20,23H,2,5-8,11-12,31H2,1H3,(H,21,30)(H,22,29);2,5H,3-4H2,1H3;1H,(H2,2,3)/b;4-3-;;. The minimum absolute atomic E-state index is 0.0441. The number of nitrogens with zero attached hydrogens (tertiary/aromatic N) is 3. The van der Waals surface area contributed by atoms with Gasteiger partial charge in [-0.2, -0.15) is 0 Å². The van der Waals surface area contributed by atoms with E-state index in [9.17, 15) is 47.5 Å². The highest BCUT2D eigenvalue weighted by Gasteiger charge is 2.35. The highest BCUT2D eigenvalue weighted by Crippen LogP contribution is 2.45. The summed E-state index contributed by atoms with van der Waals surface area (Å²) >= 11 is 0. The van der Waals surface area contributed by atoms with E-state index in [0.29, 0.717) is 77.7 Å². The van der Waals surface area contributed by atoms with E-state index in [4.69, 9.17) is 14.5 Å². The molecule has 0 radical (unpaired) electrons. The third-order valence-corrected chi connectivity index (χ3v) is 12.2. The lowest BCUT2D eigenvalue weighted by Crippen LogP contribution is -2.53. The predicted octanol–water partition coefficient (Wildman–Crippen LogP) is 0.272. The largest absolute Gasteiger partial charge is 0.380 e. The number of pyridine rings is 2. The first-order chi connectivity index (χ1) is 35.6. The number of methoxy groups -OCH3 is 1. The van der Waals surface area contributed by atoms with E-state index in [-0.39, 0.29) is 82.0 Å². The molecule has 3 heterocycles. The monoisotopic (exact) mass is 1050 g/mol. The van der Waals surface area contributed by atoms with E-state index in [2.05, 4.69) is 58.2 Å². The van der Waals surface area contributed by atoms with Gasteiger partial charge in [0.1, 0.15) is 49.7 Å². The maximum Gasteiger partial charge on any atom is 0.257 e. The van der Waals surface area contributed by atoms with Gasteiger partial charge in [0.15, 0.2) is 0 Å². The zero-order chi connectivity index (χ0) is 55.3. The number of carbonyl (C=O) groups is 9. The molecule has 2 aliphatic rings. The molecule has 1 aliphatic carbocycles. The van der Waals surface area contributed by atoms with Crippen LogP contribution < -0.4 is 43.2 Å². The number of primary amides is 1. The van der Waals surface area contributed by atoms with E-state index < -0.39 is 29.8 Å². The molecule has 0 saturated heterocycles. The zero-order valence-electron chi connectivity index (χ0n) is 42.8. The van der Waals surface area contributed by atoms with Gasteiger partial charge in [0.05, 0.1) is 49.9 Å². The molecular weight excluding hydrogens is 983 g/mol. The number of nitrogens with two attached hydrogens (primary N) is 1. The molecular formula is C50H70FN10O12P. The highest BCUT2D eigenvalue weighted by molar-refractivity contribution is 7.16. The molecule has 8 N–H and O–H groups in total. The molecule has 24 heteroatoms. The van der Waals surface area contributed by atoms with E-state index in [0.717, 1.165) is 58.5 Å². The molecule has 404 valence electrons. The molecule has 3 aromatic rings. The van der Waals surface area contributed by atoms with Crippen LogP contribution in [-0.2, 0) is 72.2 Å². The van der Waals surface area contributed by atoms with Crippen molar-refractivity contribution in [3.8, 4) is 11.4 Å². The number of hydrogen-bond acceptors (Lipinski definition) is 17. The minimum Gasteiger partial charge on any atom is -0.380 e. The Hall–Kier alpha value is -6.75. The lowest BCUT2D eigenvalue weighted by molar-refractivity contribution is -0.143.